The molecule has 1 amide bonds. The van der Waals surface area contributed by atoms with Crippen molar-refractivity contribution in [2.24, 2.45) is 0 Å². The Morgan fingerprint density at radius 1 is 1.37 bits per heavy atom. The molecule has 1 atom stereocenters. The quantitative estimate of drug-likeness (QED) is 0.841. The Bertz CT molecular complexity index is 657. The van der Waals surface area contributed by atoms with Crippen LogP contribution in [0.25, 0.3) is 0 Å². The zero-order valence-electron chi connectivity index (χ0n) is 10.3. The lowest BCUT2D eigenvalue weighted by Crippen LogP contribution is -2.40. The van der Waals surface area contributed by atoms with Crippen molar-refractivity contribution in [1.29, 1.82) is 0 Å². The largest absolute Gasteiger partial charge is 0.497 e. The van der Waals surface area contributed by atoms with Crippen LogP contribution in [0.15, 0.2) is 42.7 Å². The van der Waals surface area contributed by atoms with Gasteiger partial charge in [-0.25, -0.2) is 0 Å². The number of rotatable bonds is 2. The third-order valence-electron chi connectivity index (χ3n) is 3.24. The summed E-state index contributed by atoms with van der Waals surface area (Å²) in [7, 11) is 1.55. The number of carbonyl (C=O) groups is 1. The van der Waals surface area contributed by atoms with E-state index in [4.69, 9.17) is 4.74 Å². The van der Waals surface area contributed by atoms with E-state index >= 15 is 0 Å². The number of carbonyl (C=O) groups excluding carboxylic acids is 1. The first-order chi connectivity index (χ1) is 9.15. The van der Waals surface area contributed by atoms with Gasteiger partial charge in [0.2, 0.25) is 0 Å². The molecular formula is C14H12N2O3. The van der Waals surface area contributed by atoms with E-state index in [1.54, 1.807) is 43.6 Å². The molecule has 0 fully saturated rings. The lowest BCUT2D eigenvalue weighted by atomic mass is 9.95. The first-order valence-electron chi connectivity index (χ1n) is 5.79. The molecule has 2 heterocycles. The van der Waals surface area contributed by atoms with Crippen LogP contribution in [0.1, 0.15) is 21.5 Å². The molecule has 1 aromatic heterocycles. The Morgan fingerprint density at radius 3 is 3.00 bits per heavy atom. The maximum atomic E-state index is 11.9. The van der Waals surface area contributed by atoms with Gasteiger partial charge in [0.1, 0.15) is 5.75 Å². The summed E-state index contributed by atoms with van der Waals surface area (Å²) in [5.41, 5.74) is -0.108. The lowest BCUT2D eigenvalue weighted by Gasteiger charge is -2.24. The van der Waals surface area contributed by atoms with Crippen LogP contribution in [0.4, 0.5) is 0 Å². The number of hydrogen-bond acceptors (Lipinski definition) is 4. The van der Waals surface area contributed by atoms with Crippen LogP contribution in [0.2, 0.25) is 0 Å². The Labute approximate surface area is 109 Å². The molecule has 3 rings (SSSR count). The number of amides is 1. The molecule has 2 N–H and O–H groups in total. The molecule has 96 valence electrons. The molecule has 0 spiro atoms. The van der Waals surface area contributed by atoms with Crippen molar-refractivity contribution in [1.82, 2.24) is 10.3 Å². The Hall–Kier alpha value is -2.40. The highest BCUT2D eigenvalue weighted by Crippen LogP contribution is 2.35. The van der Waals surface area contributed by atoms with E-state index in [-0.39, 0.29) is 5.91 Å². The van der Waals surface area contributed by atoms with Crippen LogP contribution in [-0.2, 0) is 5.72 Å². The fourth-order valence-corrected chi connectivity index (χ4v) is 2.27. The number of hydrogen-bond donors (Lipinski definition) is 2. The fourth-order valence-electron chi connectivity index (χ4n) is 2.27. The first kappa shape index (κ1) is 11.7. The molecule has 0 radical (unpaired) electrons. The fraction of sp³-hybridized carbons (Fsp3) is 0.143. The Balaban J connectivity index is 2.17. The summed E-state index contributed by atoms with van der Waals surface area (Å²) in [4.78, 5) is 15.8. The highest BCUT2D eigenvalue weighted by atomic mass is 16.5. The monoisotopic (exact) mass is 256 g/mol. The van der Waals surface area contributed by atoms with Crippen molar-refractivity contribution in [3.8, 4) is 5.75 Å². The van der Waals surface area contributed by atoms with Gasteiger partial charge in [-0.3, -0.25) is 9.78 Å². The standard InChI is InChI=1S/C14H12N2O3/c1-19-10-4-2-3-9(7-10)14(18)12-5-6-15-8-11(12)13(17)16-14/h2-8,18H,1H3,(H,16,17). The maximum Gasteiger partial charge on any atom is 0.256 e. The average Bonchev–Trinajstić information content (AvgIpc) is 2.73. The predicted octanol–water partition coefficient (Wildman–Crippen LogP) is 1.03. The molecule has 1 aromatic carbocycles. The SMILES string of the molecule is COc1cccc(C2(O)NC(=O)c3cnccc32)c1. The van der Waals surface area contributed by atoms with Gasteiger partial charge in [0.15, 0.2) is 5.72 Å². The van der Waals surface area contributed by atoms with Crippen LogP contribution in [0, 0.1) is 0 Å². The summed E-state index contributed by atoms with van der Waals surface area (Å²) in [6, 6.07) is 8.59. The van der Waals surface area contributed by atoms with E-state index in [0.29, 0.717) is 22.4 Å². The molecular weight excluding hydrogens is 244 g/mol. The van der Waals surface area contributed by atoms with Gasteiger partial charge in [0, 0.05) is 23.5 Å². The number of benzene rings is 1. The number of aromatic nitrogens is 1. The normalized spacial score (nSPS) is 20.8. The van der Waals surface area contributed by atoms with Gasteiger partial charge >= 0.3 is 0 Å². The van der Waals surface area contributed by atoms with Gasteiger partial charge in [-0.05, 0) is 18.2 Å². The van der Waals surface area contributed by atoms with Crippen molar-refractivity contribution in [2.45, 2.75) is 5.72 Å². The van der Waals surface area contributed by atoms with E-state index in [1.165, 1.54) is 6.20 Å². The maximum absolute atomic E-state index is 11.9. The van der Waals surface area contributed by atoms with Crippen LogP contribution in [0.3, 0.4) is 0 Å². The summed E-state index contributed by atoms with van der Waals surface area (Å²) < 4.78 is 5.14. The molecule has 1 aliphatic rings. The third kappa shape index (κ3) is 1.67. The molecule has 5 heteroatoms. The summed E-state index contributed by atoms with van der Waals surface area (Å²) in [5.74, 6) is 0.274. The van der Waals surface area contributed by atoms with Gasteiger partial charge in [0.25, 0.3) is 5.91 Å². The van der Waals surface area contributed by atoms with Crippen molar-refractivity contribution in [3.05, 3.63) is 59.4 Å². The van der Waals surface area contributed by atoms with Gasteiger partial charge in [-0.1, -0.05) is 12.1 Å². The molecule has 0 saturated carbocycles. The topological polar surface area (TPSA) is 71.5 Å². The zero-order valence-corrected chi connectivity index (χ0v) is 10.3. The summed E-state index contributed by atoms with van der Waals surface area (Å²) in [6.45, 7) is 0. The van der Waals surface area contributed by atoms with Crippen molar-refractivity contribution < 1.29 is 14.6 Å². The minimum atomic E-state index is -1.54. The molecule has 19 heavy (non-hydrogen) atoms. The third-order valence-corrected chi connectivity index (χ3v) is 3.24. The smallest absolute Gasteiger partial charge is 0.256 e. The Morgan fingerprint density at radius 2 is 2.21 bits per heavy atom. The molecule has 2 aromatic rings. The number of ether oxygens (including phenoxy) is 1. The van der Waals surface area contributed by atoms with Crippen LogP contribution in [0.5, 0.6) is 5.75 Å². The number of pyridine rings is 1. The van der Waals surface area contributed by atoms with Gasteiger partial charge in [0.05, 0.1) is 12.7 Å². The van der Waals surface area contributed by atoms with Gasteiger partial charge in [-0.2, -0.15) is 0 Å². The molecule has 0 saturated heterocycles. The second kappa shape index (κ2) is 4.07. The number of aliphatic hydroxyl groups is 1. The van der Waals surface area contributed by atoms with Crippen LogP contribution < -0.4 is 10.1 Å². The summed E-state index contributed by atoms with van der Waals surface area (Å²) in [5, 5.41) is 13.4. The number of fused-ring (bicyclic) bond motifs is 1. The minimum absolute atomic E-state index is 0.339. The van der Waals surface area contributed by atoms with E-state index in [0.717, 1.165) is 0 Å². The van der Waals surface area contributed by atoms with E-state index in [2.05, 4.69) is 10.3 Å². The van der Waals surface area contributed by atoms with Gasteiger partial charge < -0.3 is 15.2 Å². The molecule has 1 aliphatic heterocycles. The van der Waals surface area contributed by atoms with Crippen molar-refractivity contribution in [3.63, 3.8) is 0 Å². The van der Waals surface area contributed by atoms with Gasteiger partial charge in [-0.15, -0.1) is 0 Å². The zero-order chi connectivity index (χ0) is 13.5. The lowest BCUT2D eigenvalue weighted by molar-refractivity contribution is 0.0474. The summed E-state index contributed by atoms with van der Waals surface area (Å²) in [6.07, 6.45) is 2.99. The summed E-state index contributed by atoms with van der Waals surface area (Å²) >= 11 is 0. The highest BCUT2D eigenvalue weighted by Gasteiger charge is 2.43. The molecule has 0 aliphatic carbocycles. The van der Waals surface area contributed by atoms with Crippen molar-refractivity contribution in [2.75, 3.05) is 7.11 Å². The van der Waals surface area contributed by atoms with E-state index in [1.807, 2.05) is 0 Å². The van der Waals surface area contributed by atoms with E-state index < -0.39 is 5.72 Å². The highest BCUT2D eigenvalue weighted by molar-refractivity contribution is 6.00. The molecule has 1 unspecified atom stereocenters. The van der Waals surface area contributed by atoms with Crippen LogP contribution >= 0.6 is 0 Å². The number of methoxy groups -OCH3 is 1. The predicted molar refractivity (Wildman–Crippen MR) is 67.7 cm³/mol. The average molecular weight is 256 g/mol. The molecule has 5 nitrogen and oxygen atoms in total. The number of nitrogens with zero attached hydrogens (tertiary/aromatic N) is 1. The molecule has 0 bridgehead atoms. The Kier molecular flexibility index (Phi) is 2.50. The van der Waals surface area contributed by atoms with E-state index in [9.17, 15) is 9.90 Å². The number of nitrogens with one attached hydrogen (secondary N) is 1. The van der Waals surface area contributed by atoms with Crippen molar-refractivity contribution >= 4 is 5.91 Å². The second-order valence-corrected chi connectivity index (χ2v) is 4.32. The van der Waals surface area contributed by atoms with Crippen LogP contribution in [-0.4, -0.2) is 23.1 Å². The second-order valence-electron chi connectivity index (χ2n) is 4.32. The first-order valence-corrected chi connectivity index (χ1v) is 5.79. The minimum Gasteiger partial charge on any atom is -0.497 e.